The van der Waals surface area contributed by atoms with E-state index in [0.717, 1.165) is 12.0 Å². The largest absolute Gasteiger partial charge is 0.467 e. The number of rotatable bonds is 6. The van der Waals surface area contributed by atoms with Gasteiger partial charge in [-0.25, -0.2) is 4.79 Å². The number of esters is 1. The first-order valence-corrected chi connectivity index (χ1v) is 8.83. The summed E-state index contributed by atoms with van der Waals surface area (Å²) >= 11 is 0. The van der Waals surface area contributed by atoms with Crippen molar-refractivity contribution in [2.24, 2.45) is 11.8 Å². The minimum Gasteiger partial charge on any atom is -0.467 e. The van der Waals surface area contributed by atoms with Gasteiger partial charge in [0.1, 0.15) is 6.04 Å². The highest BCUT2D eigenvalue weighted by Gasteiger charge is 2.39. The van der Waals surface area contributed by atoms with Gasteiger partial charge in [-0.1, -0.05) is 37.6 Å². The van der Waals surface area contributed by atoms with Crippen LogP contribution < -0.4 is 0 Å². The lowest BCUT2D eigenvalue weighted by Gasteiger charge is -2.29. The lowest BCUT2D eigenvalue weighted by atomic mass is 9.87. The lowest BCUT2D eigenvalue weighted by molar-refractivity contribution is -0.152. The second-order valence-electron chi connectivity index (χ2n) is 7.06. The Morgan fingerprint density at radius 2 is 2.00 bits per heavy atom. The van der Waals surface area contributed by atoms with Crippen LogP contribution in [0.3, 0.4) is 0 Å². The maximum atomic E-state index is 13.0. The van der Waals surface area contributed by atoms with Crippen molar-refractivity contribution in [3.05, 3.63) is 35.4 Å². The molecule has 0 unspecified atom stereocenters. The number of amides is 1. The Hall–Kier alpha value is -2.17. The smallest absolute Gasteiger partial charge is 0.328 e. The van der Waals surface area contributed by atoms with Gasteiger partial charge in [0.2, 0.25) is 5.91 Å². The minimum atomic E-state index is -0.521. The molecule has 1 fully saturated rings. The van der Waals surface area contributed by atoms with Crippen molar-refractivity contribution >= 4 is 17.7 Å². The molecule has 1 aliphatic rings. The van der Waals surface area contributed by atoms with Crippen LogP contribution in [-0.4, -0.2) is 42.3 Å². The van der Waals surface area contributed by atoms with Crippen molar-refractivity contribution in [3.63, 3.8) is 0 Å². The molecule has 5 heteroatoms. The molecule has 1 heterocycles. The number of hydrogen-bond donors (Lipinski definition) is 0. The van der Waals surface area contributed by atoms with E-state index in [-0.39, 0.29) is 30.0 Å². The highest BCUT2D eigenvalue weighted by molar-refractivity contribution is 5.99. The SMILES string of the molecule is COC(=O)[C@@H]1CCCN1C(=O)[C@@H](CC(=O)c1cccc(C)c1)C(C)C. The van der Waals surface area contributed by atoms with Crippen LogP contribution in [0.15, 0.2) is 24.3 Å². The molecule has 0 N–H and O–H groups in total. The second kappa shape index (κ2) is 8.28. The minimum absolute atomic E-state index is 0.0140. The number of methoxy groups -OCH3 is 1. The Balaban J connectivity index is 2.15. The quantitative estimate of drug-likeness (QED) is 0.587. The maximum Gasteiger partial charge on any atom is 0.328 e. The van der Waals surface area contributed by atoms with Gasteiger partial charge in [0.15, 0.2) is 5.78 Å². The molecule has 136 valence electrons. The number of nitrogens with zero attached hydrogens (tertiary/aromatic N) is 1. The van der Waals surface area contributed by atoms with E-state index < -0.39 is 12.0 Å². The number of carbonyl (C=O) groups is 3. The van der Waals surface area contributed by atoms with Gasteiger partial charge in [-0.2, -0.15) is 0 Å². The van der Waals surface area contributed by atoms with Crippen LogP contribution in [-0.2, 0) is 14.3 Å². The molecular formula is C20H27NO4. The van der Waals surface area contributed by atoms with Gasteiger partial charge in [0.25, 0.3) is 0 Å². The summed E-state index contributed by atoms with van der Waals surface area (Å²) in [5.74, 6) is -0.953. The molecule has 1 amide bonds. The van der Waals surface area contributed by atoms with E-state index in [0.29, 0.717) is 18.5 Å². The van der Waals surface area contributed by atoms with Crippen LogP contribution in [0, 0.1) is 18.8 Å². The number of likely N-dealkylation sites (tertiary alicyclic amines) is 1. The van der Waals surface area contributed by atoms with Crippen molar-refractivity contribution < 1.29 is 19.1 Å². The molecule has 1 saturated heterocycles. The summed E-state index contributed by atoms with van der Waals surface area (Å²) in [7, 11) is 1.34. The van der Waals surface area contributed by atoms with E-state index in [9.17, 15) is 14.4 Å². The van der Waals surface area contributed by atoms with Gasteiger partial charge in [-0.3, -0.25) is 9.59 Å². The fourth-order valence-electron chi connectivity index (χ4n) is 3.37. The molecule has 0 saturated carbocycles. The Labute approximate surface area is 149 Å². The molecular weight excluding hydrogens is 318 g/mol. The van der Waals surface area contributed by atoms with Crippen LogP contribution in [0.5, 0.6) is 0 Å². The van der Waals surface area contributed by atoms with Gasteiger partial charge < -0.3 is 9.64 Å². The second-order valence-corrected chi connectivity index (χ2v) is 7.06. The van der Waals surface area contributed by atoms with E-state index >= 15 is 0 Å². The molecule has 0 aliphatic carbocycles. The molecule has 25 heavy (non-hydrogen) atoms. The fraction of sp³-hybridized carbons (Fsp3) is 0.550. The van der Waals surface area contributed by atoms with Gasteiger partial charge in [0.05, 0.1) is 7.11 Å². The summed E-state index contributed by atoms with van der Waals surface area (Å²) in [5, 5.41) is 0. The third-order valence-electron chi connectivity index (χ3n) is 4.88. The van der Waals surface area contributed by atoms with E-state index in [2.05, 4.69) is 0 Å². The monoisotopic (exact) mass is 345 g/mol. The number of Topliss-reactive ketones (excluding diaryl/α,β-unsaturated/α-hetero) is 1. The number of aryl methyl sites for hydroxylation is 1. The molecule has 2 atom stereocenters. The zero-order valence-electron chi connectivity index (χ0n) is 15.5. The van der Waals surface area contributed by atoms with Crippen molar-refractivity contribution in [2.75, 3.05) is 13.7 Å². The summed E-state index contributed by atoms with van der Waals surface area (Å²) in [6.45, 7) is 6.36. The molecule has 5 nitrogen and oxygen atoms in total. The summed E-state index contributed by atoms with van der Waals surface area (Å²) in [4.78, 5) is 39.2. The van der Waals surface area contributed by atoms with Crippen LogP contribution >= 0.6 is 0 Å². The Kier molecular flexibility index (Phi) is 6.34. The Morgan fingerprint density at radius 3 is 2.60 bits per heavy atom. The molecule has 0 radical (unpaired) electrons. The van der Waals surface area contributed by atoms with Gasteiger partial charge in [-0.05, 0) is 31.7 Å². The molecule has 1 aromatic carbocycles. The van der Waals surface area contributed by atoms with Gasteiger partial charge in [0, 0.05) is 24.4 Å². The van der Waals surface area contributed by atoms with E-state index in [1.165, 1.54) is 7.11 Å². The summed E-state index contributed by atoms with van der Waals surface area (Å²) in [6, 6.07) is 6.89. The fourth-order valence-corrected chi connectivity index (χ4v) is 3.37. The number of ether oxygens (including phenoxy) is 1. The number of hydrogen-bond acceptors (Lipinski definition) is 4. The molecule has 1 aromatic rings. The van der Waals surface area contributed by atoms with Crippen LogP contribution in [0.2, 0.25) is 0 Å². The third kappa shape index (κ3) is 4.47. The maximum absolute atomic E-state index is 13.0. The predicted octanol–water partition coefficient (Wildman–Crippen LogP) is 3.00. The van der Waals surface area contributed by atoms with Crippen molar-refractivity contribution in [1.82, 2.24) is 4.90 Å². The number of benzene rings is 1. The molecule has 2 rings (SSSR count). The van der Waals surface area contributed by atoms with Crippen LogP contribution in [0.4, 0.5) is 0 Å². The van der Waals surface area contributed by atoms with Gasteiger partial charge >= 0.3 is 5.97 Å². The zero-order valence-corrected chi connectivity index (χ0v) is 15.5. The summed E-state index contributed by atoms with van der Waals surface area (Å²) < 4.78 is 4.82. The molecule has 0 aromatic heterocycles. The van der Waals surface area contributed by atoms with Crippen molar-refractivity contribution in [1.29, 1.82) is 0 Å². The lowest BCUT2D eigenvalue weighted by Crippen LogP contribution is -2.45. The highest BCUT2D eigenvalue weighted by Crippen LogP contribution is 2.27. The molecule has 1 aliphatic heterocycles. The van der Waals surface area contributed by atoms with Gasteiger partial charge in [-0.15, -0.1) is 0 Å². The number of ketones is 1. The Bertz CT molecular complexity index is 653. The first-order chi connectivity index (χ1) is 11.8. The van der Waals surface area contributed by atoms with Crippen molar-refractivity contribution in [2.45, 2.75) is 46.1 Å². The molecule has 0 bridgehead atoms. The first kappa shape index (κ1) is 19.2. The average Bonchev–Trinajstić information content (AvgIpc) is 3.07. The standard InChI is InChI=1S/C20H27NO4/c1-13(2)16(12-18(22)15-8-5-7-14(3)11-15)19(23)21-10-6-9-17(21)20(24)25-4/h5,7-8,11,13,16-17H,6,9-10,12H2,1-4H3/t16-,17-/m0/s1. The number of carbonyl (C=O) groups excluding carboxylic acids is 3. The van der Waals surface area contributed by atoms with Crippen molar-refractivity contribution in [3.8, 4) is 0 Å². The van der Waals surface area contributed by atoms with Crippen LogP contribution in [0.25, 0.3) is 0 Å². The van der Waals surface area contributed by atoms with E-state index in [1.54, 1.807) is 11.0 Å². The normalized spacial score (nSPS) is 18.3. The van der Waals surface area contributed by atoms with E-state index in [1.807, 2.05) is 39.0 Å². The third-order valence-corrected chi connectivity index (χ3v) is 4.88. The highest BCUT2D eigenvalue weighted by atomic mass is 16.5. The predicted molar refractivity (Wildman–Crippen MR) is 95.2 cm³/mol. The van der Waals surface area contributed by atoms with Crippen LogP contribution in [0.1, 0.15) is 49.0 Å². The Morgan fingerprint density at radius 1 is 1.28 bits per heavy atom. The molecule has 0 spiro atoms. The van der Waals surface area contributed by atoms with E-state index in [4.69, 9.17) is 4.74 Å². The first-order valence-electron chi connectivity index (χ1n) is 8.83. The summed E-state index contributed by atoms with van der Waals surface area (Å²) in [6.07, 6.45) is 1.56. The average molecular weight is 345 g/mol. The zero-order chi connectivity index (χ0) is 18.6. The topological polar surface area (TPSA) is 63.7 Å². The summed E-state index contributed by atoms with van der Waals surface area (Å²) in [5.41, 5.74) is 1.65.